The third-order valence-electron chi connectivity index (χ3n) is 3.93. The van der Waals surface area contributed by atoms with E-state index in [1.54, 1.807) is 0 Å². The van der Waals surface area contributed by atoms with Crippen molar-refractivity contribution in [3.63, 3.8) is 0 Å². The molecule has 2 aromatic rings. The first-order chi connectivity index (χ1) is 9.55. The van der Waals surface area contributed by atoms with E-state index in [0.717, 1.165) is 23.9 Å². The number of anilines is 1. The maximum absolute atomic E-state index is 5.79. The molecule has 0 radical (unpaired) electrons. The first-order valence-corrected chi connectivity index (χ1v) is 7.92. The van der Waals surface area contributed by atoms with Crippen LogP contribution in [0.1, 0.15) is 26.7 Å². The van der Waals surface area contributed by atoms with Gasteiger partial charge in [-0.25, -0.2) is 0 Å². The van der Waals surface area contributed by atoms with Crippen molar-refractivity contribution in [3.8, 4) is 0 Å². The molecular weight excluding hydrogens is 314 g/mol. The molecule has 106 valence electrons. The smallest absolute Gasteiger partial charge is 0.0646 e. The van der Waals surface area contributed by atoms with Gasteiger partial charge in [0.2, 0.25) is 0 Å². The molecule has 1 heterocycles. The van der Waals surface area contributed by atoms with E-state index in [0.29, 0.717) is 6.04 Å². The van der Waals surface area contributed by atoms with Gasteiger partial charge in [0.25, 0.3) is 0 Å². The van der Waals surface area contributed by atoms with Gasteiger partial charge in [-0.3, -0.25) is 0 Å². The van der Waals surface area contributed by atoms with Crippen molar-refractivity contribution < 1.29 is 4.74 Å². The standard InChI is InChI=1S/C17H20BrNO/c1-17(2)11-12(9-10-20-17)19-16-8-7-15(18)13-5-3-4-6-14(13)16/h3-8,12,19H,9-11H2,1-2H3. The van der Waals surface area contributed by atoms with E-state index in [1.165, 1.54) is 16.5 Å². The molecule has 1 unspecified atom stereocenters. The molecule has 1 aliphatic heterocycles. The monoisotopic (exact) mass is 333 g/mol. The molecule has 2 aromatic carbocycles. The molecule has 1 fully saturated rings. The summed E-state index contributed by atoms with van der Waals surface area (Å²) in [7, 11) is 0. The Bertz CT molecular complexity index is 623. The Morgan fingerprint density at radius 2 is 1.90 bits per heavy atom. The molecule has 0 amide bonds. The van der Waals surface area contributed by atoms with Crippen LogP contribution in [0.25, 0.3) is 10.8 Å². The van der Waals surface area contributed by atoms with Gasteiger partial charge in [0, 0.05) is 28.2 Å². The summed E-state index contributed by atoms with van der Waals surface area (Å²) >= 11 is 3.63. The van der Waals surface area contributed by atoms with Gasteiger partial charge >= 0.3 is 0 Å². The van der Waals surface area contributed by atoms with Crippen LogP contribution in [0.4, 0.5) is 5.69 Å². The summed E-state index contributed by atoms with van der Waals surface area (Å²) in [6.07, 6.45) is 2.10. The lowest BCUT2D eigenvalue weighted by Crippen LogP contribution is -2.40. The van der Waals surface area contributed by atoms with E-state index in [1.807, 2.05) is 0 Å². The second-order valence-electron chi connectivity index (χ2n) is 6.08. The molecule has 2 nitrogen and oxygen atoms in total. The molecule has 1 aliphatic rings. The van der Waals surface area contributed by atoms with Crippen molar-refractivity contribution in [2.24, 2.45) is 0 Å². The van der Waals surface area contributed by atoms with Crippen LogP contribution in [0.3, 0.4) is 0 Å². The quantitative estimate of drug-likeness (QED) is 0.837. The minimum Gasteiger partial charge on any atom is -0.382 e. The van der Waals surface area contributed by atoms with Crippen LogP contribution in [0.15, 0.2) is 40.9 Å². The summed E-state index contributed by atoms with van der Waals surface area (Å²) in [6.45, 7) is 5.17. The van der Waals surface area contributed by atoms with Crippen LogP contribution in [0.5, 0.6) is 0 Å². The Kier molecular flexibility index (Phi) is 3.74. The molecule has 3 rings (SSSR count). The fraction of sp³-hybridized carbons (Fsp3) is 0.412. The Morgan fingerprint density at radius 3 is 2.65 bits per heavy atom. The van der Waals surface area contributed by atoms with Crippen LogP contribution in [0, 0.1) is 0 Å². The average molecular weight is 334 g/mol. The summed E-state index contributed by atoms with van der Waals surface area (Å²) in [5.41, 5.74) is 1.19. The van der Waals surface area contributed by atoms with E-state index < -0.39 is 0 Å². The van der Waals surface area contributed by atoms with Crippen molar-refractivity contribution in [2.75, 3.05) is 11.9 Å². The van der Waals surface area contributed by atoms with E-state index in [2.05, 4.69) is 71.5 Å². The summed E-state index contributed by atoms with van der Waals surface area (Å²) < 4.78 is 6.94. The Morgan fingerprint density at radius 1 is 1.15 bits per heavy atom. The van der Waals surface area contributed by atoms with Crippen molar-refractivity contribution in [1.29, 1.82) is 0 Å². The predicted molar refractivity (Wildman–Crippen MR) is 88.3 cm³/mol. The number of rotatable bonds is 2. The fourth-order valence-corrected chi connectivity index (χ4v) is 3.44. The fourth-order valence-electron chi connectivity index (χ4n) is 2.96. The number of benzene rings is 2. The van der Waals surface area contributed by atoms with Crippen LogP contribution < -0.4 is 5.32 Å². The zero-order valence-corrected chi connectivity index (χ0v) is 13.5. The van der Waals surface area contributed by atoms with Gasteiger partial charge in [0.15, 0.2) is 0 Å². The third kappa shape index (κ3) is 2.84. The summed E-state index contributed by atoms with van der Waals surface area (Å²) in [4.78, 5) is 0. The van der Waals surface area contributed by atoms with Crippen molar-refractivity contribution >= 4 is 32.4 Å². The summed E-state index contributed by atoms with van der Waals surface area (Å²) in [6, 6.07) is 13.3. The highest BCUT2D eigenvalue weighted by molar-refractivity contribution is 9.10. The van der Waals surface area contributed by atoms with E-state index in [-0.39, 0.29) is 5.60 Å². The normalized spacial score (nSPS) is 21.9. The largest absolute Gasteiger partial charge is 0.382 e. The van der Waals surface area contributed by atoms with Crippen LogP contribution in [-0.4, -0.2) is 18.2 Å². The zero-order chi connectivity index (χ0) is 14.2. The molecule has 20 heavy (non-hydrogen) atoms. The number of halogens is 1. The van der Waals surface area contributed by atoms with Gasteiger partial charge < -0.3 is 10.1 Å². The number of hydrogen-bond donors (Lipinski definition) is 1. The molecule has 1 saturated heterocycles. The van der Waals surface area contributed by atoms with Gasteiger partial charge in [-0.05, 0) is 44.2 Å². The first kappa shape index (κ1) is 13.9. The molecule has 1 N–H and O–H groups in total. The van der Waals surface area contributed by atoms with Crippen molar-refractivity contribution in [1.82, 2.24) is 0 Å². The van der Waals surface area contributed by atoms with Gasteiger partial charge in [-0.1, -0.05) is 40.2 Å². The predicted octanol–water partition coefficient (Wildman–Crippen LogP) is 4.97. The summed E-state index contributed by atoms with van der Waals surface area (Å²) in [5.74, 6) is 0. The maximum atomic E-state index is 5.79. The number of hydrogen-bond acceptors (Lipinski definition) is 2. The van der Waals surface area contributed by atoms with Gasteiger partial charge in [-0.2, -0.15) is 0 Å². The molecule has 3 heteroatoms. The highest BCUT2D eigenvalue weighted by Crippen LogP contribution is 2.32. The Balaban J connectivity index is 1.90. The third-order valence-corrected chi connectivity index (χ3v) is 4.62. The van der Waals surface area contributed by atoms with Gasteiger partial charge in [0.05, 0.1) is 5.60 Å². The number of fused-ring (bicyclic) bond motifs is 1. The molecular formula is C17H20BrNO. The van der Waals surface area contributed by atoms with Gasteiger partial charge in [-0.15, -0.1) is 0 Å². The van der Waals surface area contributed by atoms with E-state index in [9.17, 15) is 0 Å². The summed E-state index contributed by atoms with van der Waals surface area (Å²) in [5, 5.41) is 6.23. The van der Waals surface area contributed by atoms with Crippen molar-refractivity contribution in [2.45, 2.75) is 38.3 Å². The lowest BCUT2D eigenvalue weighted by atomic mass is 9.93. The van der Waals surface area contributed by atoms with E-state index >= 15 is 0 Å². The zero-order valence-electron chi connectivity index (χ0n) is 11.9. The SMILES string of the molecule is CC1(C)CC(Nc2ccc(Br)c3ccccc23)CCO1. The van der Waals surface area contributed by atoms with Crippen LogP contribution in [0.2, 0.25) is 0 Å². The second kappa shape index (κ2) is 5.38. The lowest BCUT2D eigenvalue weighted by Gasteiger charge is -2.36. The lowest BCUT2D eigenvalue weighted by molar-refractivity contribution is -0.0553. The average Bonchev–Trinajstić information content (AvgIpc) is 2.41. The maximum Gasteiger partial charge on any atom is 0.0646 e. The minimum absolute atomic E-state index is 0.0267. The number of nitrogens with one attached hydrogen (secondary N) is 1. The first-order valence-electron chi connectivity index (χ1n) is 7.13. The van der Waals surface area contributed by atoms with Crippen LogP contribution >= 0.6 is 15.9 Å². The molecule has 0 bridgehead atoms. The van der Waals surface area contributed by atoms with Crippen molar-refractivity contribution in [3.05, 3.63) is 40.9 Å². The topological polar surface area (TPSA) is 21.3 Å². The molecule has 0 saturated carbocycles. The Labute approximate surface area is 128 Å². The van der Waals surface area contributed by atoms with Crippen LogP contribution in [-0.2, 0) is 4.74 Å². The molecule has 0 aromatic heterocycles. The van der Waals surface area contributed by atoms with E-state index in [4.69, 9.17) is 4.74 Å². The highest BCUT2D eigenvalue weighted by atomic mass is 79.9. The highest BCUT2D eigenvalue weighted by Gasteiger charge is 2.28. The van der Waals surface area contributed by atoms with Gasteiger partial charge in [0.1, 0.15) is 0 Å². The molecule has 1 atom stereocenters. The Hall–Kier alpha value is -1.06. The number of ether oxygens (including phenoxy) is 1. The molecule has 0 aliphatic carbocycles. The minimum atomic E-state index is -0.0267. The molecule has 0 spiro atoms. The second-order valence-corrected chi connectivity index (χ2v) is 6.94.